The molecule has 0 aliphatic rings. The van der Waals surface area contributed by atoms with E-state index in [9.17, 15) is 0 Å². The van der Waals surface area contributed by atoms with Gasteiger partial charge in [0, 0.05) is 6.92 Å². The zero-order chi connectivity index (χ0) is 9.56. The fourth-order valence-electron chi connectivity index (χ4n) is 0.633. The first-order valence-corrected chi connectivity index (χ1v) is 4.09. The van der Waals surface area contributed by atoms with Crippen LogP contribution in [0.5, 0.6) is 0 Å². The molecule has 0 N–H and O–H groups in total. The summed E-state index contributed by atoms with van der Waals surface area (Å²) < 4.78 is 5.10. The predicted octanol–water partition coefficient (Wildman–Crippen LogP) is 3.18. The van der Waals surface area contributed by atoms with Crippen molar-refractivity contribution in [1.29, 1.82) is 0 Å². The molecule has 1 aromatic heterocycles. The third kappa shape index (κ3) is 3.96. The molecular weight excluding hydrogens is 150 g/mol. The quantitative estimate of drug-likeness (QED) is 0.555. The Labute approximate surface area is 74.3 Å². The zero-order valence-corrected chi connectivity index (χ0v) is 8.51. The second-order valence-electron chi connectivity index (χ2n) is 2.54. The van der Waals surface area contributed by atoms with Gasteiger partial charge in [0.15, 0.2) is 5.89 Å². The maximum absolute atomic E-state index is 5.10. The predicted molar refractivity (Wildman–Crippen MR) is 51.2 cm³/mol. The first-order chi connectivity index (χ1) is 5.61. The Bertz CT molecular complexity index is 225. The van der Waals surface area contributed by atoms with E-state index in [4.69, 9.17) is 4.42 Å². The minimum atomic E-state index is 0.750. The summed E-state index contributed by atoms with van der Waals surface area (Å²) in [5.41, 5.74) is 0.988. The molecule has 12 heavy (non-hydrogen) atoms. The Morgan fingerprint density at radius 1 is 1.08 bits per heavy atom. The van der Waals surface area contributed by atoms with Gasteiger partial charge in [-0.25, -0.2) is 4.98 Å². The number of nitrogens with zero attached hydrogens (tertiary/aromatic N) is 1. The summed E-state index contributed by atoms with van der Waals surface area (Å²) in [4.78, 5) is 4.04. The summed E-state index contributed by atoms with van der Waals surface area (Å²) >= 11 is 0. The van der Waals surface area contributed by atoms with Crippen molar-refractivity contribution in [2.45, 2.75) is 34.6 Å². The molecule has 0 fully saturated rings. The molecule has 0 unspecified atom stereocenters. The molecule has 0 bridgehead atoms. The van der Waals surface area contributed by atoms with Gasteiger partial charge in [0.05, 0.1) is 5.69 Å². The van der Waals surface area contributed by atoms with E-state index in [-0.39, 0.29) is 0 Å². The largest absolute Gasteiger partial charge is 0.446 e. The first kappa shape index (κ1) is 11.0. The van der Waals surface area contributed by atoms with Crippen LogP contribution in [0, 0.1) is 20.8 Å². The normalized spacial score (nSPS) is 9.75. The molecule has 68 valence electrons. The van der Waals surface area contributed by atoms with E-state index in [1.54, 1.807) is 0 Å². The van der Waals surface area contributed by atoms with Gasteiger partial charge in [-0.15, -0.1) is 0 Å². The van der Waals surface area contributed by atoms with E-state index in [2.05, 4.69) is 4.98 Å². The molecule has 0 aromatic carbocycles. The highest BCUT2D eigenvalue weighted by Gasteiger charge is 1.97. The second kappa shape index (κ2) is 5.58. The Balaban J connectivity index is 0.000000261. The lowest BCUT2D eigenvalue weighted by Gasteiger charge is -1.77. The molecule has 0 aliphatic heterocycles. The van der Waals surface area contributed by atoms with E-state index in [0.29, 0.717) is 0 Å². The van der Waals surface area contributed by atoms with Crippen molar-refractivity contribution in [2.24, 2.45) is 0 Å². The lowest BCUT2D eigenvalue weighted by atomic mass is 10.4. The van der Waals surface area contributed by atoms with Gasteiger partial charge in [0.25, 0.3) is 0 Å². The van der Waals surface area contributed by atoms with E-state index in [1.807, 2.05) is 46.8 Å². The minimum Gasteiger partial charge on any atom is -0.446 e. The van der Waals surface area contributed by atoms with E-state index >= 15 is 0 Å². The summed E-state index contributed by atoms with van der Waals surface area (Å²) in [5.74, 6) is 1.67. The molecule has 0 spiro atoms. The van der Waals surface area contributed by atoms with Crippen molar-refractivity contribution in [3.05, 3.63) is 29.5 Å². The summed E-state index contributed by atoms with van der Waals surface area (Å²) in [6, 6.07) is 0. The van der Waals surface area contributed by atoms with Gasteiger partial charge in [-0.2, -0.15) is 0 Å². The lowest BCUT2D eigenvalue weighted by Crippen LogP contribution is -1.71. The van der Waals surface area contributed by atoms with Crippen LogP contribution in [0.4, 0.5) is 0 Å². The molecule has 2 nitrogen and oxygen atoms in total. The smallest absolute Gasteiger partial charge is 0.191 e. The van der Waals surface area contributed by atoms with Crippen LogP contribution in [-0.4, -0.2) is 4.98 Å². The van der Waals surface area contributed by atoms with Gasteiger partial charge in [0.1, 0.15) is 5.76 Å². The number of hydrogen-bond donors (Lipinski definition) is 0. The SMILES string of the molecule is C/C=C/C.Cc1nc(C)c(C)o1. The van der Waals surface area contributed by atoms with Crippen molar-refractivity contribution in [3.8, 4) is 0 Å². The third-order valence-electron chi connectivity index (χ3n) is 1.47. The van der Waals surface area contributed by atoms with Crippen molar-refractivity contribution >= 4 is 0 Å². The van der Waals surface area contributed by atoms with Gasteiger partial charge in [-0.1, -0.05) is 12.2 Å². The number of rotatable bonds is 0. The third-order valence-corrected chi connectivity index (χ3v) is 1.47. The molecule has 0 radical (unpaired) electrons. The van der Waals surface area contributed by atoms with Crippen LogP contribution >= 0.6 is 0 Å². The minimum absolute atomic E-state index is 0.750. The van der Waals surface area contributed by atoms with Crippen LogP contribution in [0.1, 0.15) is 31.2 Å². The average Bonchev–Trinajstić information content (AvgIpc) is 2.30. The molecule has 2 heteroatoms. The standard InChI is InChI=1S/C6H9NO.C4H8/c1-4-5(2)8-6(3)7-4;1-3-4-2/h1-3H3;3-4H,1-2H3/b;4-3+. The Hall–Kier alpha value is -1.05. The molecule has 0 atom stereocenters. The van der Waals surface area contributed by atoms with Crippen LogP contribution in [0.2, 0.25) is 0 Å². The molecule has 0 amide bonds. The topological polar surface area (TPSA) is 26.0 Å². The maximum atomic E-state index is 5.10. The van der Waals surface area contributed by atoms with Crippen LogP contribution in [0.3, 0.4) is 0 Å². The van der Waals surface area contributed by atoms with Gasteiger partial charge >= 0.3 is 0 Å². The lowest BCUT2D eigenvalue weighted by molar-refractivity contribution is 0.493. The molecule has 1 heterocycles. The number of allylic oxidation sites excluding steroid dienone is 2. The van der Waals surface area contributed by atoms with E-state index in [0.717, 1.165) is 17.3 Å². The monoisotopic (exact) mass is 167 g/mol. The van der Waals surface area contributed by atoms with Crippen molar-refractivity contribution < 1.29 is 4.42 Å². The molecular formula is C10H17NO. The Morgan fingerprint density at radius 3 is 1.67 bits per heavy atom. The molecule has 0 saturated carbocycles. The van der Waals surface area contributed by atoms with E-state index < -0.39 is 0 Å². The van der Waals surface area contributed by atoms with Gasteiger partial charge in [0.2, 0.25) is 0 Å². The number of aryl methyl sites for hydroxylation is 3. The highest BCUT2D eigenvalue weighted by molar-refractivity contribution is 5.03. The Kier molecular flexibility index (Phi) is 5.09. The van der Waals surface area contributed by atoms with Crippen LogP contribution in [-0.2, 0) is 0 Å². The van der Waals surface area contributed by atoms with Gasteiger partial charge in [-0.3, -0.25) is 0 Å². The molecule has 0 saturated heterocycles. The fourth-order valence-corrected chi connectivity index (χ4v) is 0.633. The fraction of sp³-hybridized carbons (Fsp3) is 0.500. The molecule has 0 aliphatic carbocycles. The molecule has 1 rings (SSSR count). The summed E-state index contributed by atoms with van der Waals surface area (Å²) in [7, 11) is 0. The number of oxazole rings is 1. The van der Waals surface area contributed by atoms with Crippen LogP contribution in [0.25, 0.3) is 0 Å². The second-order valence-corrected chi connectivity index (χ2v) is 2.54. The van der Waals surface area contributed by atoms with Crippen molar-refractivity contribution in [1.82, 2.24) is 4.98 Å². The van der Waals surface area contributed by atoms with E-state index in [1.165, 1.54) is 0 Å². The zero-order valence-electron chi connectivity index (χ0n) is 8.51. The van der Waals surface area contributed by atoms with Crippen LogP contribution in [0.15, 0.2) is 16.6 Å². The molecule has 1 aromatic rings. The average molecular weight is 167 g/mol. The highest BCUT2D eigenvalue weighted by atomic mass is 16.4. The highest BCUT2D eigenvalue weighted by Crippen LogP contribution is 2.05. The Morgan fingerprint density at radius 2 is 1.58 bits per heavy atom. The van der Waals surface area contributed by atoms with Gasteiger partial charge < -0.3 is 4.42 Å². The summed E-state index contributed by atoms with van der Waals surface area (Å²) in [6.45, 7) is 9.70. The number of hydrogen-bond acceptors (Lipinski definition) is 2. The summed E-state index contributed by atoms with van der Waals surface area (Å²) in [6.07, 6.45) is 4.00. The van der Waals surface area contributed by atoms with Crippen molar-refractivity contribution in [3.63, 3.8) is 0 Å². The maximum Gasteiger partial charge on any atom is 0.191 e. The first-order valence-electron chi connectivity index (χ1n) is 4.09. The van der Waals surface area contributed by atoms with Crippen molar-refractivity contribution in [2.75, 3.05) is 0 Å². The van der Waals surface area contributed by atoms with Crippen LogP contribution < -0.4 is 0 Å². The van der Waals surface area contributed by atoms with Gasteiger partial charge in [-0.05, 0) is 27.7 Å². The summed E-state index contributed by atoms with van der Waals surface area (Å²) in [5, 5.41) is 0. The number of aromatic nitrogens is 1.